The normalized spacial score (nSPS) is 13.4. The molecule has 0 heterocycles. The van der Waals surface area contributed by atoms with E-state index in [4.69, 9.17) is 9.47 Å². The fraction of sp³-hybridized carbons (Fsp3) is 0.0714. The molecule has 2 aliphatic rings. The topological polar surface area (TPSA) is 18.5 Å². The molecule has 4 aromatic carbocycles. The molecule has 0 bridgehead atoms. The molecule has 0 saturated carbocycles. The summed E-state index contributed by atoms with van der Waals surface area (Å²) >= 11 is 0. The first-order chi connectivity index (χ1) is 14.8. The number of methoxy groups -OCH3 is 2. The maximum absolute atomic E-state index is 5.64. The SMILES string of the molecule is COc1ccc(OC)c2cc3c(cc12)C3=C1c2ccccc2C=Cc2ccccc21. The van der Waals surface area contributed by atoms with Crippen molar-refractivity contribution in [3.63, 3.8) is 0 Å². The van der Waals surface area contributed by atoms with E-state index in [0.717, 1.165) is 22.3 Å². The number of hydrogen-bond donors (Lipinski definition) is 0. The van der Waals surface area contributed by atoms with Crippen LogP contribution in [0.15, 0.2) is 72.8 Å². The van der Waals surface area contributed by atoms with Crippen molar-refractivity contribution in [1.82, 2.24) is 0 Å². The summed E-state index contributed by atoms with van der Waals surface area (Å²) in [5.41, 5.74) is 10.2. The molecule has 0 amide bonds. The Bertz CT molecular complexity index is 1300. The Morgan fingerprint density at radius 3 is 1.40 bits per heavy atom. The van der Waals surface area contributed by atoms with Gasteiger partial charge in [0.2, 0.25) is 0 Å². The molecule has 2 aliphatic carbocycles. The summed E-state index contributed by atoms with van der Waals surface area (Å²) in [5, 5.41) is 2.17. The van der Waals surface area contributed by atoms with Crippen molar-refractivity contribution in [2.45, 2.75) is 0 Å². The van der Waals surface area contributed by atoms with Crippen LogP contribution in [-0.4, -0.2) is 14.2 Å². The van der Waals surface area contributed by atoms with E-state index in [-0.39, 0.29) is 0 Å². The molecule has 4 aromatic rings. The van der Waals surface area contributed by atoms with E-state index >= 15 is 0 Å². The van der Waals surface area contributed by atoms with Crippen molar-refractivity contribution in [3.8, 4) is 11.5 Å². The first kappa shape index (κ1) is 17.1. The monoisotopic (exact) mass is 388 g/mol. The summed E-state index contributed by atoms with van der Waals surface area (Å²) in [7, 11) is 3.44. The van der Waals surface area contributed by atoms with Gasteiger partial charge in [0.25, 0.3) is 0 Å². The summed E-state index contributed by atoms with van der Waals surface area (Å²) in [4.78, 5) is 0. The molecule has 6 rings (SSSR count). The van der Waals surface area contributed by atoms with E-state index < -0.39 is 0 Å². The van der Waals surface area contributed by atoms with Gasteiger partial charge in [-0.05, 0) is 68.8 Å². The van der Waals surface area contributed by atoms with Crippen LogP contribution in [-0.2, 0) is 0 Å². The van der Waals surface area contributed by atoms with E-state index in [0.29, 0.717) is 0 Å². The van der Waals surface area contributed by atoms with E-state index in [1.807, 2.05) is 12.1 Å². The number of hydrogen-bond acceptors (Lipinski definition) is 2. The van der Waals surface area contributed by atoms with Crippen LogP contribution in [0.4, 0.5) is 0 Å². The van der Waals surface area contributed by atoms with Crippen LogP contribution in [0.1, 0.15) is 33.4 Å². The summed E-state index contributed by atoms with van der Waals surface area (Å²) in [6, 6.07) is 25.7. The minimum absolute atomic E-state index is 0.869. The molecule has 0 aliphatic heterocycles. The van der Waals surface area contributed by atoms with Gasteiger partial charge in [0, 0.05) is 10.8 Å². The molecule has 2 nitrogen and oxygen atoms in total. The van der Waals surface area contributed by atoms with Gasteiger partial charge in [-0.1, -0.05) is 60.7 Å². The van der Waals surface area contributed by atoms with Gasteiger partial charge in [-0.2, -0.15) is 0 Å². The molecular formula is C28H20O2. The molecule has 30 heavy (non-hydrogen) atoms. The van der Waals surface area contributed by atoms with Crippen molar-refractivity contribution in [2.24, 2.45) is 0 Å². The summed E-state index contributed by atoms with van der Waals surface area (Å²) in [6.07, 6.45) is 4.44. The third-order valence-electron chi connectivity index (χ3n) is 6.14. The number of fused-ring (bicyclic) bond motifs is 4. The first-order valence-electron chi connectivity index (χ1n) is 10.1. The molecule has 0 atom stereocenters. The highest BCUT2D eigenvalue weighted by Gasteiger charge is 2.33. The van der Waals surface area contributed by atoms with Crippen LogP contribution in [0.2, 0.25) is 0 Å². The molecule has 0 unspecified atom stereocenters. The fourth-order valence-electron chi connectivity index (χ4n) is 4.66. The highest BCUT2D eigenvalue weighted by molar-refractivity contribution is 6.21. The van der Waals surface area contributed by atoms with Gasteiger partial charge in [-0.15, -0.1) is 0 Å². The van der Waals surface area contributed by atoms with Crippen LogP contribution in [0.25, 0.3) is 34.1 Å². The van der Waals surface area contributed by atoms with Gasteiger partial charge in [-0.25, -0.2) is 0 Å². The van der Waals surface area contributed by atoms with E-state index in [9.17, 15) is 0 Å². The van der Waals surface area contributed by atoms with Crippen LogP contribution >= 0.6 is 0 Å². The average Bonchev–Trinajstić information content (AvgIpc) is 3.52. The third kappa shape index (κ3) is 2.37. The minimum Gasteiger partial charge on any atom is -0.496 e. The standard InChI is InChI=1S/C28H20O2/c1-29-25-13-14-26(30-2)22-16-24-23(15-21(22)25)28(24)27-19-9-5-3-7-17(19)11-12-18-8-4-6-10-20(18)27/h3-16H,1-2H3. The van der Waals surface area contributed by atoms with E-state index in [1.54, 1.807) is 14.2 Å². The Balaban J connectivity index is 1.68. The van der Waals surface area contributed by atoms with E-state index in [1.165, 1.54) is 44.5 Å². The summed E-state index contributed by atoms with van der Waals surface area (Å²) in [5.74, 6) is 1.74. The van der Waals surface area contributed by atoms with Gasteiger partial charge in [0.15, 0.2) is 0 Å². The highest BCUT2D eigenvalue weighted by Crippen LogP contribution is 2.54. The Morgan fingerprint density at radius 2 is 0.933 bits per heavy atom. The smallest absolute Gasteiger partial charge is 0.126 e. The largest absolute Gasteiger partial charge is 0.496 e. The number of ether oxygens (including phenoxy) is 2. The van der Waals surface area contributed by atoms with Gasteiger partial charge < -0.3 is 9.47 Å². The first-order valence-corrected chi connectivity index (χ1v) is 10.1. The van der Waals surface area contributed by atoms with Crippen molar-refractivity contribution in [2.75, 3.05) is 14.2 Å². The molecule has 144 valence electrons. The van der Waals surface area contributed by atoms with Crippen LogP contribution < -0.4 is 9.47 Å². The van der Waals surface area contributed by atoms with Crippen LogP contribution in [0, 0.1) is 0 Å². The van der Waals surface area contributed by atoms with Crippen molar-refractivity contribution < 1.29 is 9.47 Å². The number of benzene rings is 4. The quantitative estimate of drug-likeness (QED) is 0.330. The second-order valence-corrected chi connectivity index (χ2v) is 7.67. The maximum atomic E-state index is 5.64. The van der Waals surface area contributed by atoms with Crippen molar-refractivity contribution in [3.05, 3.63) is 106 Å². The lowest BCUT2D eigenvalue weighted by Crippen LogP contribution is -1.91. The molecule has 2 heteroatoms. The maximum Gasteiger partial charge on any atom is 0.126 e. The van der Waals surface area contributed by atoms with Gasteiger partial charge >= 0.3 is 0 Å². The average molecular weight is 388 g/mol. The molecular weight excluding hydrogens is 368 g/mol. The molecule has 0 fully saturated rings. The van der Waals surface area contributed by atoms with Gasteiger partial charge in [-0.3, -0.25) is 0 Å². The minimum atomic E-state index is 0.869. The summed E-state index contributed by atoms with van der Waals surface area (Å²) in [6.45, 7) is 0. The van der Waals surface area contributed by atoms with E-state index in [2.05, 4.69) is 72.8 Å². The lowest BCUT2D eigenvalue weighted by molar-refractivity contribution is 0.410. The second kappa shape index (κ2) is 6.36. The number of rotatable bonds is 2. The fourth-order valence-corrected chi connectivity index (χ4v) is 4.66. The Morgan fingerprint density at radius 1 is 0.500 bits per heavy atom. The van der Waals surface area contributed by atoms with Gasteiger partial charge in [0.1, 0.15) is 11.5 Å². The Labute approximate surface area is 175 Å². The molecule has 0 spiro atoms. The van der Waals surface area contributed by atoms with Crippen molar-refractivity contribution in [1.29, 1.82) is 0 Å². The Kier molecular flexibility index (Phi) is 3.63. The zero-order chi connectivity index (χ0) is 20.2. The van der Waals surface area contributed by atoms with Crippen molar-refractivity contribution >= 4 is 34.1 Å². The van der Waals surface area contributed by atoms with Crippen LogP contribution in [0.5, 0.6) is 11.5 Å². The highest BCUT2D eigenvalue weighted by atomic mass is 16.5. The predicted molar refractivity (Wildman–Crippen MR) is 124 cm³/mol. The molecule has 0 radical (unpaired) electrons. The summed E-state index contributed by atoms with van der Waals surface area (Å²) < 4.78 is 11.3. The van der Waals surface area contributed by atoms with Crippen LogP contribution in [0.3, 0.4) is 0 Å². The Hall–Kier alpha value is -3.78. The molecule has 0 saturated heterocycles. The third-order valence-corrected chi connectivity index (χ3v) is 6.14. The zero-order valence-corrected chi connectivity index (χ0v) is 16.9. The molecule has 0 N–H and O–H groups in total. The predicted octanol–water partition coefficient (Wildman–Crippen LogP) is 6.66. The second-order valence-electron chi connectivity index (χ2n) is 7.67. The molecule has 0 aromatic heterocycles. The lowest BCUT2D eigenvalue weighted by atomic mass is 9.92. The lowest BCUT2D eigenvalue weighted by Gasteiger charge is -2.11. The zero-order valence-electron chi connectivity index (χ0n) is 16.9. The van der Waals surface area contributed by atoms with Gasteiger partial charge in [0.05, 0.1) is 14.2 Å².